The highest BCUT2D eigenvalue weighted by atomic mass is 16.1. The molecule has 1 amide bonds. The fourth-order valence-electron chi connectivity index (χ4n) is 2.15. The zero-order valence-corrected chi connectivity index (χ0v) is 13.0. The number of rotatable bonds is 4. The van der Waals surface area contributed by atoms with Crippen LogP contribution in [0.3, 0.4) is 0 Å². The van der Waals surface area contributed by atoms with Gasteiger partial charge in [-0.2, -0.15) is 0 Å². The average Bonchev–Trinajstić information content (AvgIpc) is 2.45. The SMILES string of the molecule is Cc1cc(C(=O)NCC(C)C)ccc1-c1ccccc1.N. The van der Waals surface area contributed by atoms with Crippen molar-refractivity contribution in [3.8, 4) is 11.1 Å². The number of carbonyl (C=O) groups excluding carboxylic acids is 1. The van der Waals surface area contributed by atoms with Crippen molar-refractivity contribution in [1.29, 1.82) is 0 Å². The molecule has 0 bridgehead atoms. The number of carbonyl (C=O) groups is 1. The first-order valence-electron chi connectivity index (χ1n) is 7.02. The minimum absolute atomic E-state index is 0. The molecule has 0 spiro atoms. The van der Waals surface area contributed by atoms with Crippen LogP contribution in [-0.2, 0) is 0 Å². The quantitative estimate of drug-likeness (QED) is 0.883. The van der Waals surface area contributed by atoms with E-state index in [9.17, 15) is 4.79 Å². The van der Waals surface area contributed by atoms with E-state index in [1.54, 1.807) is 0 Å². The normalized spacial score (nSPS) is 10.1. The Labute approximate surface area is 127 Å². The van der Waals surface area contributed by atoms with Crippen LogP contribution < -0.4 is 11.5 Å². The van der Waals surface area contributed by atoms with E-state index >= 15 is 0 Å². The molecule has 0 radical (unpaired) electrons. The molecule has 21 heavy (non-hydrogen) atoms. The molecule has 0 aromatic heterocycles. The maximum atomic E-state index is 12.0. The monoisotopic (exact) mass is 284 g/mol. The molecule has 3 heteroatoms. The molecule has 112 valence electrons. The van der Waals surface area contributed by atoms with Gasteiger partial charge in [-0.15, -0.1) is 0 Å². The molecular formula is C18H24N2O. The summed E-state index contributed by atoms with van der Waals surface area (Å²) in [6, 6.07) is 16.1. The van der Waals surface area contributed by atoms with Crippen LogP contribution in [0.2, 0.25) is 0 Å². The maximum Gasteiger partial charge on any atom is 0.251 e. The van der Waals surface area contributed by atoms with Crippen LogP contribution in [0.1, 0.15) is 29.8 Å². The van der Waals surface area contributed by atoms with E-state index in [0.717, 1.165) is 11.1 Å². The van der Waals surface area contributed by atoms with Gasteiger partial charge in [0.05, 0.1) is 0 Å². The molecule has 4 N–H and O–H groups in total. The minimum Gasteiger partial charge on any atom is -0.352 e. The Hall–Kier alpha value is -2.13. The second-order valence-electron chi connectivity index (χ2n) is 5.50. The number of amides is 1. The lowest BCUT2D eigenvalue weighted by Crippen LogP contribution is -2.27. The fraction of sp³-hybridized carbons (Fsp3) is 0.278. The molecule has 0 aliphatic carbocycles. The average molecular weight is 284 g/mol. The van der Waals surface area contributed by atoms with E-state index in [-0.39, 0.29) is 12.1 Å². The summed E-state index contributed by atoms with van der Waals surface area (Å²) in [6.45, 7) is 6.92. The van der Waals surface area contributed by atoms with Crippen LogP contribution in [-0.4, -0.2) is 12.5 Å². The first kappa shape index (κ1) is 16.9. The second kappa shape index (κ2) is 7.60. The molecule has 0 aliphatic heterocycles. The summed E-state index contributed by atoms with van der Waals surface area (Å²) in [6.07, 6.45) is 0. The zero-order chi connectivity index (χ0) is 14.5. The van der Waals surface area contributed by atoms with Gasteiger partial charge in [-0.1, -0.05) is 50.2 Å². The Morgan fingerprint density at radius 3 is 2.33 bits per heavy atom. The van der Waals surface area contributed by atoms with Gasteiger partial charge in [-0.05, 0) is 41.7 Å². The Morgan fingerprint density at radius 2 is 1.76 bits per heavy atom. The van der Waals surface area contributed by atoms with Gasteiger partial charge in [-0.3, -0.25) is 4.79 Å². The molecule has 0 unspecified atom stereocenters. The highest BCUT2D eigenvalue weighted by Crippen LogP contribution is 2.23. The van der Waals surface area contributed by atoms with Crippen LogP contribution in [0.15, 0.2) is 48.5 Å². The van der Waals surface area contributed by atoms with Crippen molar-refractivity contribution in [3.05, 3.63) is 59.7 Å². The predicted octanol–water partition coefficient (Wildman–Crippen LogP) is 4.21. The molecule has 2 rings (SSSR count). The zero-order valence-electron chi connectivity index (χ0n) is 13.0. The highest BCUT2D eigenvalue weighted by molar-refractivity contribution is 5.95. The van der Waals surface area contributed by atoms with Crippen molar-refractivity contribution in [2.75, 3.05) is 6.54 Å². The summed E-state index contributed by atoms with van der Waals surface area (Å²) in [5, 5.41) is 2.95. The summed E-state index contributed by atoms with van der Waals surface area (Å²) < 4.78 is 0. The smallest absolute Gasteiger partial charge is 0.251 e. The summed E-state index contributed by atoms with van der Waals surface area (Å²) in [5.74, 6) is 0.463. The van der Waals surface area contributed by atoms with E-state index in [2.05, 4.69) is 31.3 Å². The van der Waals surface area contributed by atoms with E-state index in [1.807, 2.05) is 43.3 Å². The molecular weight excluding hydrogens is 260 g/mol. The number of hydrogen-bond donors (Lipinski definition) is 2. The molecule has 2 aromatic rings. The van der Waals surface area contributed by atoms with Crippen LogP contribution in [0.25, 0.3) is 11.1 Å². The number of aryl methyl sites for hydroxylation is 1. The van der Waals surface area contributed by atoms with E-state index in [0.29, 0.717) is 12.5 Å². The molecule has 0 atom stereocenters. The number of nitrogens with one attached hydrogen (secondary N) is 1. The fourth-order valence-corrected chi connectivity index (χ4v) is 2.15. The van der Waals surface area contributed by atoms with Crippen molar-refractivity contribution >= 4 is 5.91 Å². The third-order valence-corrected chi connectivity index (χ3v) is 3.24. The Morgan fingerprint density at radius 1 is 1.10 bits per heavy atom. The molecule has 0 aliphatic rings. The topological polar surface area (TPSA) is 64.1 Å². The lowest BCUT2D eigenvalue weighted by Gasteiger charge is -2.10. The third-order valence-electron chi connectivity index (χ3n) is 3.24. The van der Waals surface area contributed by atoms with Crippen molar-refractivity contribution in [1.82, 2.24) is 11.5 Å². The number of benzene rings is 2. The van der Waals surface area contributed by atoms with Crippen LogP contribution in [0.5, 0.6) is 0 Å². The van der Waals surface area contributed by atoms with Crippen molar-refractivity contribution in [2.24, 2.45) is 5.92 Å². The summed E-state index contributed by atoms with van der Waals surface area (Å²) in [7, 11) is 0. The van der Waals surface area contributed by atoms with E-state index in [4.69, 9.17) is 0 Å². The Kier molecular flexibility index (Phi) is 6.12. The van der Waals surface area contributed by atoms with Gasteiger partial charge in [0.15, 0.2) is 0 Å². The second-order valence-corrected chi connectivity index (χ2v) is 5.50. The highest BCUT2D eigenvalue weighted by Gasteiger charge is 2.08. The standard InChI is InChI=1S/C18H21NO.H3N/c1-13(2)12-19-18(20)16-9-10-17(14(3)11-16)15-7-5-4-6-8-15;/h4-11,13H,12H2,1-3H3,(H,19,20);1H3. The lowest BCUT2D eigenvalue weighted by molar-refractivity contribution is 0.0949. The van der Waals surface area contributed by atoms with Crippen molar-refractivity contribution in [3.63, 3.8) is 0 Å². The largest absolute Gasteiger partial charge is 0.352 e. The van der Waals surface area contributed by atoms with Crippen molar-refractivity contribution in [2.45, 2.75) is 20.8 Å². The summed E-state index contributed by atoms with van der Waals surface area (Å²) in [5.41, 5.74) is 4.20. The molecule has 0 heterocycles. The van der Waals surface area contributed by atoms with Crippen LogP contribution in [0, 0.1) is 12.8 Å². The first-order chi connectivity index (χ1) is 9.58. The van der Waals surface area contributed by atoms with Gasteiger partial charge < -0.3 is 11.5 Å². The van der Waals surface area contributed by atoms with Gasteiger partial charge in [0, 0.05) is 12.1 Å². The van der Waals surface area contributed by atoms with E-state index in [1.165, 1.54) is 11.1 Å². The predicted molar refractivity (Wildman–Crippen MR) is 88.8 cm³/mol. The van der Waals surface area contributed by atoms with Gasteiger partial charge in [0.1, 0.15) is 0 Å². The van der Waals surface area contributed by atoms with Gasteiger partial charge >= 0.3 is 0 Å². The van der Waals surface area contributed by atoms with Gasteiger partial charge in [0.2, 0.25) is 0 Å². The van der Waals surface area contributed by atoms with Crippen LogP contribution in [0.4, 0.5) is 0 Å². The molecule has 2 aromatic carbocycles. The summed E-state index contributed by atoms with van der Waals surface area (Å²) >= 11 is 0. The third kappa shape index (κ3) is 4.43. The maximum absolute atomic E-state index is 12.0. The number of hydrogen-bond acceptors (Lipinski definition) is 2. The molecule has 0 fully saturated rings. The first-order valence-corrected chi connectivity index (χ1v) is 7.02. The molecule has 0 saturated heterocycles. The summed E-state index contributed by atoms with van der Waals surface area (Å²) in [4.78, 5) is 12.0. The molecule has 0 saturated carbocycles. The van der Waals surface area contributed by atoms with E-state index < -0.39 is 0 Å². The molecule has 3 nitrogen and oxygen atoms in total. The van der Waals surface area contributed by atoms with Crippen LogP contribution >= 0.6 is 0 Å². The van der Waals surface area contributed by atoms with Gasteiger partial charge in [-0.25, -0.2) is 0 Å². The Balaban J connectivity index is 0.00000220. The Bertz CT molecular complexity index is 591. The van der Waals surface area contributed by atoms with Crippen molar-refractivity contribution < 1.29 is 4.79 Å². The van der Waals surface area contributed by atoms with Gasteiger partial charge in [0.25, 0.3) is 5.91 Å². The minimum atomic E-state index is 0. The lowest BCUT2D eigenvalue weighted by atomic mass is 9.98.